The number of primary amides is 1. The van der Waals surface area contributed by atoms with Gasteiger partial charge in [-0.1, -0.05) is 19.1 Å². The van der Waals surface area contributed by atoms with Crippen LogP contribution in [0.25, 0.3) is 0 Å². The van der Waals surface area contributed by atoms with Crippen LogP contribution in [0.1, 0.15) is 38.2 Å². The molecule has 0 saturated carbocycles. The van der Waals surface area contributed by atoms with Crippen LogP contribution in [0.4, 0.5) is 15.8 Å². The van der Waals surface area contributed by atoms with E-state index in [0.717, 1.165) is 5.56 Å². The molecule has 2 aliphatic rings. The van der Waals surface area contributed by atoms with Gasteiger partial charge in [0.25, 0.3) is 5.91 Å². The average molecular weight is 465 g/mol. The second kappa shape index (κ2) is 9.05. The Balaban J connectivity index is 1.51. The molecule has 2 aromatic rings. The van der Waals surface area contributed by atoms with Gasteiger partial charge in [0.1, 0.15) is 17.6 Å². The number of hydrogen-bond acceptors (Lipinski definition) is 6. The van der Waals surface area contributed by atoms with Crippen molar-refractivity contribution < 1.29 is 23.6 Å². The minimum absolute atomic E-state index is 0.00374. The Hall–Kier alpha value is -4.08. The number of nitrogens with one attached hydrogen (secondary N) is 2. The number of halogens is 1. The smallest absolute Gasteiger partial charge is 0.271 e. The van der Waals surface area contributed by atoms with Crippen LogP contribution in [0.15, 0.2) is 53.6 Å². The van der Waals surface area contributed by atoms with Crippen molar-refractivity contribution in [3.05, 3.63) is 59.9 Å². The van der Waals surface area contributed by atoms with E-state index in [9.17, 15) is 23.6 Å². The molecule has 34 heavy (non-hydrogen) atoms. The molecule has 0 bridgehead atoms. The lowest BCUT2D eigenvalue weighted by molar-refractivity contribution is -0.138. The Morgan fingerprint density at radius 1 is 1.18 bits per heavy atom. The Bertz CT molecular complexity index is 1180. The van der Waals surface area contributed by atoms with Crippen molar-refractivity contribution in [2.75, 3.05) is 10.3 Å². The molecule has 1 fully saturated rings. The number of nitrogens with two attached hydrogens (primary N) is 1. The van der Waals surface area contributed by atoms with E-state index >= 15 is 0 Å². The molecule has 2 unspecified atom stereocenters. The lowest BCUT2D eigenvalue weighted by Crippen LogP contribution is -2.51. The van der Waals surface area contributed by atoms with E-state index in [0.29, 0.717) is 24.2 Å². The number of anilines is 2. The molecular weight excluding hydrogens is 441 g/mol. The fourth-order valence-corrected chi connectivity index (χ4v) is 4.34. The third-order valence-corrected chi connectivity index (χ3v) is 6.36. The van der Waals surface area contributed by atoms with E-state index in [2.05, 4.69) is 15.7 Å². The zero-order valence-electron chi connectivity index (χ0n) is 18.5. The number of amides is 4. The molecule has 2 aliphatic heterocycles. The summed E-state index contributed by atoms with van der Waals surface area (Å²) in [6.45, 7) is 1.89. The molecule has 2 atom stereocenters. The molecular formula is C24H24FN5O4. The Kier molecular flexibility index (Phi) is 6.14. The second-order valence-electron chi connectivity index (χ2n) is 8.33. The first-order chi connectivity index (χ1) is 16.2. The fraction of sp³-hybridized carbons (Fsp3) is 0.292. The number of imide groups is 1. The van der Waals surface area contributed by atoms with Crippen LogP contribution < -0.4 is 21.4 Å². The Morgan fingerprint density at radius 2 is 1.85 bits per heavy atom. The maximum Gasteiger partial charge on any atom is 0.271 e. The van der Waals surface area contributed by atoms with Crippen LogP contribution in [-0.2, 0) is 24.6 Å². The number of rotatable bonds is 6. The van der Waals surface area contributed by atoms with Crippen molar-refractivity contribution in [1.82, 2.24) is 5.32 Å². The minimum Gasteiger partial charge on any atom is -0.368 e. The van der Waals surface area contributed by atoms with Gasteiger partial charge in [0.15, 0.2) is 0 Å². The number of hydrogen-bond donors (Lipinski definition) is 3. The van der Waals surface area contributed by atoms with Crippen LogP contribution in [0.3, 0.4) is 0 Å². The highest BCUT2D eigenvalue weighted by Gasteiger charge is 2.42. The van der Waals surface area contributed by atoms with Crippen LogP contribution in [0.2, 0.25) is 0 Å². The topological polar surface area (TPSA) is 134 Å². The lowest BCUT2D eigenvalue weighted by Gasteiger charge is -2.35. The van der Waals surface area contributed by atoms with Gasteiger partial charge in [0.2, 0.25) is 17.7 Å². The van der Waals surface area contributed by atoms with Gasteiger partial charge < -0.3 is 11.1 Å². The first kappa shape index (κ1) is 23.1. The molecule has 2 heterocycles. The van der Waals surface area contributed by atoms with E-state index in [1.54, 1.807) is 24.3 Å². The Morgan fingerprint density at radius 3 is 2.44 bits per heavy atom. The monoisotopic (exact) mass is 465 g/mol. The van der Waals surface area contributed by atoms with E-state index in [-0.39, 0.29) is 30.4 Å². The maximum atomic E-state index is 13.3. The molecule has 10 heteroatoms. The molecule has 9 nitrogen and oxygen atoms in total. The summed E-state index contributed by atoms with van der Waals surface area (Å²) in [5, 5.41) is 10.7. The Labute approximate surface area is 195 Å². The molecule has 0 aromatic heterocycles. The van der Waals surface area contributed by atoms with Gasteiger partial charge in [-0.2, -0.15) is 5.10 Å². The quantitative estimate of drug-likeness (QED) is 0.561. The summed E-state index contributed by atoms with van der Waals surface area (Å²) in [6, 6.07) is 11.3. The summed E-state index contributed by atoms with van der Waals surface area (Å²) in [4.78, 5) is 48.9. The van der Waals surface area contributed by atoms with Crippen molar-refractivity contribution in [3.8, 4) is 0 Å². The molecule has 1 saturated heterocycles. The number of piperidine rings is 1. The molecule has 0 spiro atoms. The zero-order chi connectivity index (χ0) is 24.5. The van der Waals surface area contributed by atoms with Crippen molar-refractivity contribution in [3.63, 3.8) is 0 Å². The van der Waals surface area contributed by atoms with Gasteiger partial charge >= 0.3 is 0 Å². The molecule has 4 N–H and O–H groups in total. The summed E-state index contributed by atoms with van der Waals surface area (Å²) >= 11 is 0. The van der Waals surface area contributed by atoms with Crippen LogP contribution in [0, 0.1) is 5.82 Å². The lowest BCUT2D eigenvalue weighted by atomic mass is 9.72. The molecule has 4 amide bonds. The molecule has 2 aromatic carbocycles. The van der Waals surface area contributed by atoms with Crippen molar-refractivity contribution in [2.24, 2.45) is 10.8 Å². The third-order valence-electron chi connectivity index (χ3n) is 6.36. The highest BCUT2D eigenvalue weighted by atomic mass is 19.1. The van der Waals surface area contributed by atoms with Gasteiger partial charge in [0, 0.05) is 18.5 Å². The standard InChI is InChI=1S/C24H24FN5O4/c1-2-24(12-11-20(31)28-23(24)34)14-3-7-16(8-4-14)27-22(33)18-13-19(21(26)32)30(29-18)17-9-5-15(25)6-10-17/h3-10,19H,2,11-13H2,1H3,(H2,26,32)(H,27,33)(H,28,31,34). The molecule has 4 rings (SSSR count). The summed E-state index contributed by atoms with van der Waals surface area (Å²) in [7, 11) is 0. The summed E-state index contributed by atoms with van der Waals surface area (Å²) in [5.41, 5.74) is 6.47. The molecule has 176 valence electrons. The highest BCUT2D eigenvalue weighted by molar-refractivity contribution is 6.44. The van der Waals surface area contributed by atoms with Crippen molar-refractivity contribution in [1.29, 1.82) is 0 Å². The van der Waals surface area contributed by atoms with Crippen molar-refractivity contribution >= 4 is 40.7 Å². The van der Waals surface area contributed by atoms with E-state index < -0.39 is 29.1 Å². The average Bonchev–Trinajstić information content (AvgIpc) is 3.27. The minimum atomic E-state index is -0.870. The number of benzene rings is 2. The normalized spacial score (nSPS) is 22.2. The molecule has 0 radical (unpaired) electrons. The second-order valence-corrected chi connectivity index (χ2v) is 8.33. The number of carbonyl (C=O) groups excluding carboxylic acids is 4. The van der Waals surface area contributed by atoms with Crippen LogP contribution in [-0.4, -0.2) is 35.4 Å². The third kappa shape index (κ3) is 4.26. The predicted molar refractivity (Wildman–Crippen MR) is 123 cm³/mol. The SMILES string of the molecule is CCC1(c2ccc(NC(=O)C3=NN(c4ccc(F)cc4)C(C(N)=O)C3)cc2)CCC(=O)NC1=O. The van der Waals surface area contributed by atoms with Gasteiger partial charge in [-0.25, -0.2) is 4.39 Å². The summed E-state index contributed by atoms with van der Waals surface area (Å²) in [5.74, 6) is -2.20. The van der Waals surface area contributed by atoms with Gasteiger partial charge in [-0.3, -0.25) is 29.5 Å². The number of hydrazone groups is 1. The van der Waals surface area contributed by atoms with Gasteiger partial charge in [0.05, 0.1) is 11.1 Å². The van der Waals surface area contributed by atoms with Gasteiger partial charge in [-0.05, 0) is 54.8 Å². The summed E-state index contributed by atoms with van der Waals surface area (Å²) < 4.78 is 13.3. The predicted octanol–water partition coefficient (Wildman–Crippen LogP) is 1.97. The van der Waals surface area contributed by atoms with E-state index in [1.807, 2.05) is 6.92 Å². The fourth-order valence-electron chi connectivity index (χ4n) is 4.34. The van der Waals surface area contributed by atoms with Crippen molar-refractivity contribution in [2.45, 2.75) is 44.1 Å². The number of nitrogens with zero attached hydrogens (tertiary/aromatic N) is 2. The highest BCUT2D eigenvalue weighted by Crippen LogP contribution is 2.36. The van der Waals surface area contributed by atoms with Crippen LogP contribution >= 0.6 is 0 Å². The number of carbonyl (C=O) groups is 4. The first-order valence-corrected chi connectivity index (χ1v) is 10.9. The first-order valence-electron chi connectivity index (χ1n) is 10.9. The summed E-state index contributed by atoms with van der Waals surface area (Å²) in [6.07, 6.45) is 1.22. The largest absolute Gasteiger partial charge is 0.368 e. The van der Waals surface area contributed by atoms with E-state index in [4.69, 9.17) is 5.73 Å². The van der Waals surface area contributed by atoms with Gasteiger partial charge in [-0.15, -0.1) is 0 Å². The van der Waals surface area contributed by atoms with E-state index in [1.165, 1.54) is 29.3 Å². The maximum absolute atomic E-state index is 13.3. The molecule has 0 aliphatic carbocycles. The zero-order valence-corrected chi connectivity index (χ0v) is 18.5. The van der Waals surface area contributed by atoms with Crippen LogP contribution in [0.5, 0.6) is 0 Å².